The topological polar surface area (TPSA) is 35.5 Å². The Balaban J connectivity index is 1.47. The van der Waals surface area contributed by atoms with Crippen LogP contribution in [0.5, 0.6) is 11.5 Å². The fourth-order valence-corrected chi connectivity index (χ4v) is 3.50. The Kier molecular flexibility index (Phi) is 9.43. The van der Waals surface area contributed by atoms with Crippen LogP contribution in [0.3, 0.4) is 0 Å². The standard InChI is InChI=1S/C28H30F2O3/c1-2-3-4-5-6-7-8-19-32-24-15-13-22(14-16-24)21-9-11-23(12-10-21)28(31)33-25-17-18-26(29)27(30)20-25/h9-18,20H,2-8,19H2,1H3. The van der Waals surface area contributed by atoms with Gasteiger partial charge in [0.05, 0.1) is 12.2 Å². The van der Waals surface area contributed by atoms with Crippen LogP contribution in [0.15, 0.2) is 66.7 Å². The average Bonchev–Trinajstić information content (AvgIpc) is 2.83. The van der Waals surface area contributed by atoms with Gasteiger partial charge in [0.2, 0.25) is 0 Å². The van der Waals surface area contributed by atoms with Crippen LogP contribution in [0.1, 0.15) is 62.2 Å². The van der Waals surface area contributed by atoms with Crippen molar-refractivity contribution in [1.29, 1.82) is 0 Å². The Morgan fingerprint density at radius 2 is 1.27 bits per heavy atom. The van der Waals surface area contributed by atoms with E-state index in [4.69, 9.17) is 9.47 Å². The van der Waals surface area contributed by atoms with E-state index in [0.717, 1.165) is 42.0 Å². The van der Waals surface area contributed by atoms with Crippen molar-refractivity contribution in [2.24, 2.45) is 0 Å². The van der Waals surface area contributed by atoms with Crippen LogP contribution in [0.4, 0.5) is 8.78 Å². The lowest BCUT2D eigenvalue weighted by Crippen LogP contribution is -2.08. The van der Waals surface area contributed by atoms with Crippen LogP contribution in [-0.2, 0) is 0 Å². The first-order valence-electron chi connectivity index (χ1n) is 11.6. The highest BCUT2D eigenvalue weighted by Gasteiger charge is 2.11. The maximum absolute atomic E-state index is 13.3. The fourth-order valence-electron chi connectivity index (χ4n) is 3.50. The Hall–Kier alpha value is -3.21. The quantitative estimate of drug-likeness (QED) is 0.159. The van der Waals surface area contributed by atoms with Gasteiger partial charge in [-0.3, -0.25) is 0 Å². The summed E-state index contributed by atoms with van der Waals surface area (Å²) in [5.41, 5.74) is 2.26. The van der Waals surface area contributed by atoms with Gasteiger partial charge in [0.25, 0.3) is 0 Å². The van der Waals surface area contributed by atoms with E-state index in [1.807, 2.05) is 36.4 Å². The largest absolute Gasteiger partial charge is 0.494 e. The summed E-state index contributed by atoms with van der Waals surface area (Å²) in [6, 6.07) is 17.7. The van der Waals surface area contributed by atoms with Crippen molar-refractivity contribution in [3.05, 3.63) is 83.9 Å². The van der Waals surface area contributed by atoms with Crippen molar-refractivity contribution in [3.63, 3.8) is 0 Å². The molecule has 3 nitrogen and oxygen atoms in total. The van der Waals surface area contributed by atoms with E-state index in [0.29, 0.717) is 5.56 Å². The number of ether oxygens (including phenoxy) is 2. The molecule has 0 bridgehead atoms. The van der Waals surface area contributed by atoms with Crippen LogP contribution < -0.4 is 9.47 Å². The molecule has 174 valence electrons. The number of carbonyl (C=O) groups excluding carboxylic acids is 1. The predicted molar refractivity (Wildman–Crippen MR) is 127 cm³/mol. The summed E-state index contributed by atoms with van der Waals surface area (Å²) in [7, 11) is 0. The van der Waals surface area contributed by atoms with Crippen LogP contribution in [0.2, 0.25) is 0 Å². The SMILES string of the molecule is CCCCCCCCCOc1ccc(-c2ccc(C(=O)Oc3ccc(F)c(F)c3)cc2)cc1. The third-order valence-electron chi connectivity index (χ3n) is 5.43. The molecule has 0 aliphatic carbocycles. The fraction of sp³-hybridized carbons (Fsp3) is 0.321. The third kappa shape index (κ3) is 7.70. The molecule has 33 heavy (non-hydrogen) atoms. The van der Waals surface area contributed by atoms with Crippen LogP contribution in [0, 0.1) is 11.6 Å². The molecule has 0 saturated carbocycles. The molecule has 0 amide bonds. The van der Waals surface area contributed by atoms with Gasteiger partial charge in [0.1, 0.15) is 11.5 Å². The van der Waals surface area contributed by atoms with Crippen molar-refractivity contribution < 1.29 is 23.0 Å². The van der Waals surface area contributed by atoms with E-state index < -0.39 is 17.6 Å². The molecule has 0 heterocycles. The lowest BCUT2D eigenvalue weighted by Gasteiger charge is -2.08. The van der Waals surface area contributed by atoms with E-state index in [1.54, 1.807) is 12.1 Å². The summed E-state index contributed by atoms with van der Waals surface area (Å²) in [6.45, 7) is 2.95. The first kappa shape index (κ1) is 24.4. The van der Waals surface area contributed by atoms with Crippen molar-refractivity contribution >= 4 is 5.97 Å². The summed E-state index contributed by atoms with van der Waals surface area (Å²) in [6.07, 6.45) is 8.77. The second-order valence-corrected chi connectivity index (χ2v) is 8.04. The lowest BCUT2D eigenvalue weighted by atomic mass is 10.0. The molecular weight excluding hydrogens is 422 g/mol. The smallest absolute Gasteiger partial charge is 0.343 e. The first-order chi connectivity index (χ1) is 16.1. The summed E-state index contributed by atoms with van der Waals surface area (Å²) < 4.78 is 37.2. The van der Waals surface area contributed by atoms with E-state index in [1.165, 1.54) is 44.6 Å². The minimum absolute atomic E-state index is 0.0462. The number of esters is 1. The van der Waals surface area contributed by atoms with Gasteiger partial charge in [-0.15, -0.1) is 0 Å². The minimum Gasteiger partial charge on any atom is -0.494 e. The third-order valence-corrected chi connectivity index (χ3v) is 5.43. The number of benzene rings is 3. The highest BCUT2D eigenvalue weighted by molar-refractivity contribution is 5.91. The Labute approximate surface area is 194 Å². The summed E-state index contributed by atoms with van der Waals surface area (Å²) >= 11 is 0. The lowest BCUT2D eigenvalue weighted by molar-refractivity contribution is 0.0734. The maximum atomic E-state index is 13.3. The van der Waals surface area contributed by atoms with Crippen molar-refractivity contribution in [1.82, 2.24) is 0 Å². The van der Waals surface area contributed by atoms with Crippen molar-refractivity contribution in [3.8, 4) is 22.6 Å². The van der Waals surface area contributed by atoms with Crippen molar-refractivity contribution in [2.75, 3.05) is 6.61 Å². The number of hydrogen-bond donors (Lipinski definition) is 0. The molecule has 0 aromatic heterocycles. The second kappa shape index (κ2) is 12.7. The molecule has 3 rings (SSSR count). The first-order valence-corrected chi connectivity index (χ1v) is 11.6. The molecule has 3 aromatic rings. The van der Waals surface area contributed by atoms with Crippen LogP contribution in [-0.4, -0.2) is 12.6 Å². The molecular formula is C28H30F2O3. The van der Waals surface area contributed by atoms with Gasteiger partial charge >= 0.3 is 5.97 Å². The average molecular weight is 453 g/mol. The number of rotatable bonds is 12. The minimum atomic E-state index is -1.06. The molecule has 0 atom stereocenters. The number of halogens is 2. The van der Waals surface area contributed by atoms with Gasteiger partial charge in [0, 0.05) is 6.07 Å². The van der Waals surface area contributed by atoms with E-state index in [2.05, 4.69) is 6.92 Å². The molecule has 0 spiro atoms. The Morgan fingerprint density at radius 3 is 1.91 bits per heavy atom. The zero-order valence-corrected chi connectivity index (χ0v) is 19.0. The zero-order chi connectivity index (χ0) is 23.5. The van der Waals surface area contributed by atoms with E-state index >= 15 is 0 Å². The maximum Gasteiger partial charge on any atom is 0.343 e. The highest BCUT2D eigenvalue weighted by Crippen LogP contribution is 2.24. The molecule has 0 saturated heterocycles. The normalized spacial score (nSPS) is 10.8. The van der Waals surface area contributed by atoms with Gasteiger partial charge in [-0.05, 0) is 53.9 Å². The second-order valence-electron chi connectivity index (χ2n) is 8.04. The molecule has 3 aromatic carbocycles. The van der Waals surface area contributed by atoms with Crippen LogP contribution >= 0.6 is 0 Å². The van der Waals surface area contributed by atoms with Gasteiger partial charge < -0.3 is 9.47 Å². The molecule has 0 radical (unpaired) electrons. The highest BCUT2D eigenvalue weighted by atomic mass is 19.2. The van der Waals surface area contributed by atoms with E-state index in [-0.39, 0.29) is 5.75 Å². The molecule has 5 heteroatoms. The number of hydrogen-bond acceptors (Lipinski definition) is 3. The zero-order valence-electron chi connectivity index (χ0n) is 19.0. The number of unbranched alkanes of at least 4 members (excludes halogenated alkanes) is 6. The number of carbonyl (C=O) groups is 1. The molecule has 0 unspecified atom stereocenters. The van der Waals surface area contributed by atoms with Gasteiger partial charge in [0.15, 0.2) is 11.6 Å². The molecule has 0 aliphatic rings. The molecule has 0 aliphatic heterocycles. The summed E-state index contributed by atoms with van der Waals surface area (Å²) in [5, 5.41) is 0. The molecule has 0 fully saturated rings. The Morgan fingerprint density at radius 1 is 0.697 bits per heavy atom. The van der Waals surface area contributed by atoms with Gasteiger partial charge in [-0.25, -0.2) is 13.6 Å². The summed E-state index contributed by atoms with van der Waals surface area (Å²) in [4.78, 5) is 12.3. The van der Waals surface area contributed by atoms with Crippen LogP contribution in [0.25, 0.3) is 11.1 Å². The van der Waals surface area contributed by atoms with Gasteiger partial charge in [-0.1, -0.05) is 69.7 Å². The van der Waals surface area contributed by atoms with E-state index in [9.17, 15) is 13.6 Å². The predicted octanol–water partition coefficient (Wildman–Crippen LogP) is 7.98. The monoisotopic (exact) mass is 452 g/mol. The van der Waals surface area contributed by atoms with Crippen molar-refractivity contribution in [2.45, 2.75) is 51.9 Å². The summed E-state index contributed by atoms with van der Waals surface area (Å²) in [5.74, 6) is -1.90. The van der Waals surface area contributed by atoms with Gasteiger partial charge in [-0.2, -0.15) is 0 Å². The molecule has 0 N–H and O–H groups in total. The Bertz CT molecular complexity index is 1010.